The SMILES string of the molecule is O=[P]#[Zr].[Cl-].[Cl-].c1ccc(-c2ccc(-c3ccccc3)[cH-]2)cc1. The molecule has 0 atom stereocenters. The summed E-state index contributed by atoms with van der Waals surface area (Å²) in [6, 6.07) is 27.6. The van der Waals surface area contributed by atoms with Gasteiger partial charge in [0.15, 0.2) is 0 Å². The van der Waals surface area contributed by atoms with Crippen molar-refractivity contribution in [2.75, 3.05) is 0 Å². The maximum atomic E-state index is 8.94. The molecule has 0 amide bonds. The molecule has 3 aromatic rings. The van der Waals surface area contributed by atoms with Crippen LogP contribution in [-0.4, -0.2) is 0 Å². The van der Waals surface area contributed by atoms with Gasteiger partial charge in [-0.05, 0) is 0 Å². The number of benzene rings is 2. The van der Waals surface area contributed by atoms with Crippen LogP contribution < -0.4 is 24.8 Å². The third-order valence-corrected chi connectivity index (χ3v) is 2.97. The van der Waals surface area contributed by atoms with Gasteiger partial charge in [-0.15, -0.1) is 17.2 Å². The molecule has 0 radical (unpaired) electrons. The molecule has 0 aliphatic rings. The minimum absolute atomic E-state index is 0. The third kappa shape index (κ3) is 6.31. The molecular weight excluding hydrogens is 413 g/mol. The zero-order chi connectivity index (χ0) is 14.2. The second-order valence-corrected chi connectivity index (χ2v) is 5.74. The maximum Gasteiger partial charge on any atom is -0.0635 e. The normalized spacial score (nSPS) is 8.64. The van der Waals surface area contributed by atoms with Gasteiger partial charge in [-0.25, -0.2) is 0 Å². The van der Waals surface area contributed by atoms with Crippen LogP contribution in [0.1, 0.15) is 0 Å². The summed E-state index contributed by atoms with van der Waals surface area (Å²) in [5.74, 6) is 0. The average Bonchev–Trinajstić information content (AvgIpc) is 3.00. The van der Waals surface area contributed by atoms with Crippen molar-refractivity contribution in [1.29, 1.82) is 0 Å². The molecule has 0 saturated carbocycles. The van der Waals surface area contributed by atoms with Gasteiger partial charge in [-0.2, -0.15) is 12.1 Å². The Kier molecular flexibility index (Phi) is 11.7. The fourth-order valence-electron chi connectivity index (χ4n) is 2.06. The summed E-state index contributed by atoms with van der Waals surface area (Å²) in [5, 5.41) is 0.257. The molecule has 0 heterocycles. The maximum absolute atomic E-state index is 8.94. The second kappa shape index (κ2) is 12.0. The van der Waals surface area contributed by atoms with E-state index in [2.05, 4.69) is 66.7 Å². The van der Waals surface area contributed by atoms with Crippen molar-refractivity contribution in [3.8, 4) is 22.3 Å². The summed E-state index contributed by atoms with van der Waals surface area (Å²) in [4.78, 5) is 0. The average molecular weight is 426 g/mol. The quantitative estimate of drug-likeness (QED) is 0.399. The third-order valence-electron chi connectivity index (χ3n) is 2.97. The topological polar surface area (TPSA) is 17.1 Å². The van der Waals surface area contributed by atoms with E-state index in [1.807, 2.05) is 12.1 Å². The molecule has 22 heavy (non-hydrogen) atoms. The van der Waals surface area contributed by atoms with Crippen molar-refractivity contribution in [2.45, 2.75) is 0 Å². The summed E-state index contributed by atoms with van der Waals surface area (Å²) in [5.41, 5.74) is 5.11. The summed E-state index contributed by atoms with van der Waals surface area (Å²) < 4.78 is 8.94. The van der Waals surface area contributed by atoms with Crippen LogP contribution in [0.5, 0.6) is 0 Å². The van der Waals surface area contributed by atoms with Crippen molar-refractivity contribution in [3.63, 3.8) is 0 Å². The monoisotopic (exact) mass is 424 g/mol. The van der Waals surface area contributed by atoms with Crippen LogP contribution in [0.2, 0.25) is 0 Å². The first-order valence-corrected chi connectivity index (χ1v) is 10.3. The van der Waals surface area contributed by atoms with E-state index in [1.165, 1.54) is 22.3 Å². The molecule has 0 saturated heterocycles. The first-order chi connectivity index (χ1) is 9.85. The molecule has 0 aliphatic carbocycles. The number of hydrogen-bond donors (Lipinski definition) is 0. The van der Waals surface area contributed by atoms with E-state index in [0.29, 0.717) is 0 Å². The Morgan fingerprint density at radius 3 is 1.32 bits per heavy atom. The Labute approximate surface area is 158 Å². The Balaban J connectivity index is 0.000000820. The van der Waals surface area contributed by atoms with E-state index in [4.69, 9.17) is 4.57 Å². The van der Waals surface area contributed by atoms with Crippen molar-refractivity contribution >= 4 is 5.05 Å². The summed E-state index contributed by atoms with van der Waals surface area (Å²) in [6.45, 7) is 0. The Morgan fingerprint density at radius 1 is 0.682 bits per heavy atom. The molecule has 0 fully saturated rings. The van der Waals surface area contributed by atoms with E-state index >= 15 is 0 Å². The molecule has 0 aliphatic heterocycles. The minimum atomic E-state index is 0. The zero-order valence-corrected chi connectivity index (χ0v) is 16.5. The van der Waals surface area contributed by atoms with E-state index in [1.54, 1.807) is 0 Å². The van der Waals surface area contributed by atoms with E-state index in [0.717, 1.165) is 23.4 Å². The van der Waals surface area contributed by atoms with Crippen LogP contribution in [0.15, 0.2) is 78.9 Å². The first-order valence-electron chi connectivity index (χ1n) is 6.22. The zero-order valence-electron chi connectivity index (χ0n) is 11.6. The number of hydrogen-bond acceptors (Lipinski definition) is 1. The number of halogens is 2. The Bertz CT molecular complexity index is 688. The van der Waals surface area contributed by atoms with Gasteiger partial charge in [0.2, 0.25) is 0 Å². The molecule has 3 aromatic carbocycles. The Hall–Kier alpha value is -0.517. The molecule has 0 bridgehead atoms. The van der Waals surface area contributed by atoms with Gasteiger partial charge in [-0.1, -0.05) is 71.8 Å². The van der Waals surface area contributed by atoms with Crippen molar-refractivity contribution in [2.24, 2.45) is 0 Å². The van der Waals surface area contributed by atoms with Gasteiger partial charge < -0.3 is 24.8 Å². The molecule has 0 unspecified atom stereocenters. The summed E-state index contributed by atoms with van der Waals surface area (Å²) in [7, 11) is 0. The first kappa shape index (κ1) is 21.5. The Morgan fingerprint density at radius 2 is 1.00 bits per heavy atom. The molecule has 0 aromatic heterocycles. The smallest absolute Gasteiger partial charge is 0.0635 e. The summed E-state index contributed by atoms with van der Waals surface area (Å²) >= 11 is 1.05. The van der Waals surface area contributed by atoms with Crippen molar-refractivity contribution in [1.82, 2.24) is 0 Å². The summed E-state index contributed by atoms with van der Waals surface area (Å²) in [6.07, 6.45) is 0. The van der Waals surface area contributed by atoms with Crippen LogP contribution in [-0.2, 0) is 27.9 Å². The van der Waals surface area contributed by atoms with E-state index in [9.17, 15) is 0 Å². The molecule has 5 heteroatoms. The van der Waals surface area contributed by atoms with Crippen LogP contribution in [0.3, 0.4) is 0 Å². The van der Waals surface area contributed by atoms with Crippen LogP contribution in [0.4, 0.5) is 0 Å². The van der Waals surface area contributed by atoms with Crippen LogP contribution in [0.25, 0.3) is 22.3 Å². The molecule has 0 N–H and O–H groups in total. The van der Waals surface area contributed by atoms with Gasteiger partial charge in [0, 0.05) is 0 Å². The predicted octanol–water partition coefficient (Wildman–Crippen LogP) is -0.513. The molecule has 1 nitrogen and oxygen atoms in total. The molecule has 0 spiro atoms. The predicted molar refractivity (Wildman–Crippen MR) is 80.5 cm³/mol. The van der Waals surface area contributed by atoms with Gasteiger partial charge in [0.25, 0.3) is 0 Å². The largest absolute Gasteiger partial charge is 1.00 e. The van der Waals surface area contributed by atoms with Crippen LogP contribution >= 0.6 is 5.05 Å². The van der Waals surface area contributed by atoms with Crippen LogP contribution in [0, 0.1) is 0 Å². The van der Waals surface area contributed by atoms with Gasteiger partial charge in [0.1, 0.15) is 0 Å². The standard InChI is InChI=1S/C17H13.2ClH.OP.Zr/c1-3-7-14(8-4-1)16-11-12-17(13-16)15-9-5-2-6-10-15;;;1-2;/h1-13H;2*1H;;/q-1;;;-1;+1/p-2. The fraction of sp³-hybridized carbons (Fsp3) is 0. The minimum Gasteiger partial charge on any atom is -1.00 e. The van der Waals surface area contributed by atoms with Crippen molar-refractivity contribution < 1.29 is 52.8 Å². The molecule has 113 valence electrons. The van der Waals surface area contributed by atoms with Gasteiger partial charge >= 0.3 is 33.0 Å². The molecular formula is C17H13Cl2OPZr-3. The molecule has 3 rings (SSSR count). The second-order valence-electron chi connectivity index (χ2n) is 4.21. The van der Waals surface area contributed by atoms with E-state index in [-0.39, 0.29) is 29.9 Å². The number of rotatable bonds is 2. The van der Waals surface area contributed by atoms with Gasteiger partial charge in [-0.3, -0.25) is 0 Å². The van der Waals surface area contributed by atoms with Crippen molar-refractivity contribution in [3.05, 3.63) is 78.9 Å². The fourth-order valence-corrected chi connectivity index (χ4v) is 2.06. The van der Waals surface area contributed by atoms with E-state index < -0.39 is 0 Å². The van der Waals surface area contributed by atoms with Gasteiger partial charge in [0.05, 0.1) is 0 Å².